The number of methoxy groups -OCH3 is 1. The highest BCUT2D eigenvalue weighted by Crippen LogP contribution is 2.31. The molecule has 0 radical (unpaired) electrons. The molecule has 0 amide bonds. The molecule has 0 aliphatic heterocycles. The van der Waals surface area contributed by atoms with Gasteiger partial charge in [0.15, 0.2) is 11.5 Å². The van der Waals surface area contributed by atoms with E-state index in [1.165, 1.54) is 25.3 Å². The van der Waals surface area contributed by atoms with E-state index in [-0.39, 0.29) is 5.69 Å². The molecule has 128 valence electrons. The summed E-state index contributed by atoms with van der Waals surface area (Å²) < 4.78 is 16.4. The molecule has 0 spiro atoms. The second-order valence-corrected chi connectivity index (χ2v) is 5.30. The zero-order chi connectivity index (χ0) is 17.6. The van der Waals surface area contributed by atoms with Crippen LogP contribution in [0.15, 0.2) is 60.7 Å². The number of hydrogen-bond donors (Lipinski definition) is 0. The number of non-ortho nitro benzene ring substituents is 1. The van der Waals surface area contributed by atoms with Gasteiger partial charge in [0.2, 0.25) is 0 Å². The molecule has 6 nitrogen and oxygen atoms in total. The second-order valence-electron chi connectivity index (χ2n) is 5.30. The number of hydrogen-bond acceptors (Lipinski definition) is 5. The highest BCUT2D eigenvalue weighted by atomic mass is 16.6. The molecule has 0 atom stereocenters. The Morgan fingerprint density at radius 3 is 2.40 bits per heavy atom. The van der Waals surface area contributed by atoms with Gasteiger partial charge >= 0.3 is 0 Å². The molecule has 0 aliphatic rings. The van der Waals surface area contributed by atoms with Gasteiger partial charge in [-0.15, -0.1) is 0 Å². The Balaban J connectivity index is 1.58. The maximum atomic E-state index is 10.8. The van der Waals surface area contributed by atoms with Crippen LogP contribution in [0.25, 0.3) is 10.8 Å². The topological polar surface area (TPSA) is 70.8 Å². The van der Waals surface area contributed by atoms with Crippen LogP contribution >= 0.6 is 0 Å². The molecule has 25 heavy (non-hydrogen) atoms. The second kappa shape index (κ2) is 7.53. The van der Waals surface area contributed by atoms with Crippen LogP contribution in [-0.4, -0.2) is 25.2 Å². The van der Waals surface area contributed by atoms with Gasteiger partial charge in [0, 0.05) is 6.07 Å². The fraction of sp³-hybridized carbons (Fsp3) is 0.158. The lowest BCUT2D eigenvalue weighted by atomic mass is 10.1. The summed E-state index contributed by atoms with van der Waals surface area (Å²) in [5, 5.41) is 13.0. The quantitative estimate of drug-likeness (QED) is 0.366. The minimum absolute atomic E-state index is 0.0448. The average molecular weight is 339 g/mol. The van der Waals surface area contributed by atoms with E-state index in [0.29, 0.717) is 24.7 Å². The standard InChI is InChI=1S/C19H17NO5/c1-23-19-13-16(20(21)22)7-9-18(19)25-11-10-24-17-8-6-14-4-2-3-5-15(14)12-17/h2-9,12-13H,10-11H2,1H3. The van der Waals surface area contributed by atoms with Crippen LogP contribution in [0.4, 0.5) is 5.69 Å². The third kappa shape index (κ3) is 3.98. The first-order valence-corrected chi connectivity index (χ1v) is 7.74. The minimum Gasteiger partial charge on any atom is -0.493 e. The Kier molecular flexibility index (Phi) is 4.99. The van der Waals surface area contributed by atoms with Gasteiger partial charge in [-0.3, -0.25) is 10.1 Å². The molecular formula is C19H17NO5. The van der Waals surface area contributed by atoms with Crippen molar-refractivity contribution in [3.63, 3.8) is 0 Å². The van der Waals surface area contributed by atoms with E-state index < -0.39 is 4.92 Å². The van der Waals surface area contributed by atoms with E-state index in [0.717, 1.165) is 16.5 Å². The van der Waals surface area contributed by atoms with Gasteiger partial charge in [-0.1, -0.05) is 30.3 Å². The first kappa shape index (κ1) is 16.6. The van der Waals surface area contributed by atoms with Crippen LogP contribution in [0.3, 0.4) is 0 Å². The van der Waals surface area contributed by atoms with E-state index in [1.54, 1.807) is 0 Å². The number of rotatable bonds is 7. The van der Waals surface area contributed by atoms with E-state index in [1.807, 2.05) is 42.5 Å². The molecular weight excluding hydrogens is 322 g/mol. The fourth-order valence-electron chi connectivity index (χ4n) is 2.46. The largest absolute Gasteiger partial charge is 0.493 e. The van der Waals surface area contributed by atoms with E-state index in [4.69, 9.17) is 14.2 Å². The molecule has 0 saturated carbocycles. The Labute approximate surface area is 144 Å². The number of nitrogens with zero attached hydrogens (tertiary/aromatic N) is 1. The number of ether oxygens (including phenoxy) is 3. The van der Waals surface area contributed by atoms with Gasteiger partial charge in [-0.2, -0.15) is 0 Å². The highest BCUT2D eigenvalue weighted by molar-refractivity contribution is 5.83. The molecule has 0 fully saturated rings. The highest BCUT2D eigenvalue weighted by Gasteiger charge is 2.12. The number of nitro benzene ring substituents is 1. The number of fused-ring (bicyclic) bond motifs is 1. The molecule has 0 aromatic heterocycles. The van der Waals surface area contributed by atoms with Gasteiger partial charge < -0.3 is 14.2 Å². The van der Waals surface area contributed by atoms with Crippen molar-refractivity contribution < 1.29 is 19.1 Å². The van der Waals surface area contributed by atoms with Gasteiger partial charge in [0.25, 0.3) is 5.69 Å². The molecule has 3 rings (SSSR count). The molecule has 6 heteroatoms. The predicted molar refractivity (Wildman–Crippen MR) is 94.6 cm³/mol. The van der Waals surface area contributed by atoms with Crippen molar-refractivity contribution in [3.8, 4) is 17.2 Å². The summed E-state index contributed by atoms with van der Waals surface area (Å²) in [4.78, 5) is 10.3. The Bertz CT molecular complexity index is 894. The van der Waals surface area contributed by atoms with Crippen molar-refractivity contribution in [1.82, 2.24) is 0 Å². The van der Waals surface area contributed by atoms with Crippen molar-refractivity contribution in [3.05, 3.63) is 70.8 Å². The van der Waals surface area contributed by atoms with E-state index in [2.05, 4.69) is 0 Å². The summed E-state index contributed by atoms with van der Waals surface area (Å²) in [6, 6.07) is 18.2. The third-order valence-electron chi connectivity index (χ3n) is 3.69. The first-order valence-electron chi connectivity index (χ1n) is 7.74. The van der Waals surface area contributed by atoms with Crippen molar-refractivity contribution in [2.45, 2.75) is 0 Å². The van der Waals surface area contributed by atoms with Gasteiger partial charge in [-0.25, -0.2) is 0 Å². The zero-order valence-electron chi connectivity index (χ0n) is 13.7. The normalized spacial score (nSPS) is 10.4. The number of benzene rings is 3. The fourth-order valence-corrected chi connectivity index (χ4v) is 2.46. The summed E-state index contributed by atoms with van der Waals surface area (Å²) in [7, 11) is 1.44. The molecule has 0 saturated heterocycles. The van der Waals surface area contributed by atoms with Gasteiger partial charge in [0.1, 0.15) is 19.0 Å². The molecule has 0 bridgehead atoms. The average Bonchev–Trinajstić information content (AvgIpc) is 2.65. The maximum Gasteiger partial charge on any atom is 0.273 e. The molecule has 0 heterocycles. The summed E-state index contributed by atoms with van der Waals surface area (Å²) >= 11 is 0. The molecule has 3 aromatic carbocycles. The molecule has 3 aromatic rings. The lowest BCUT2D eigenvalue weighted by Gasteiger charge is -2.11. The zero-order valence-corrected chi connectivity index (χ0v) is 13.7. The Hall–Kier alpha value is -3.28. The monoisotopic (exact) mass is 339 g/mol. The molecule has 0 unspecified atom stereocenters. The molecule has 0 aliphatic carbocycles. The number of nitro groups is 1. The molecule has 0 N–H and O–H groups in total. The van der Waals surface area contributed by atoms with Crippen LogP contribution in [-0.2, 0) is 0 Å². The van der Waals surface area contributed by atoms with Crippen LogP contribution in [0.5, 0.6) is 17.2 Å². The van der Waals surface area contributed by atoms with Crippen LogP contribution in [0.1, 0.15) is 0 Å². The van der Waals surface area contributed by atoms with Gasteiger partial charge in [0.05, 0.1) is 18.1 Å². The van der Waals surface area contributed by atoms with Crippen molar-refractivity contribution >= 4 is 16.5 Å². The van der Waals surface area contributed by atoms with Crippen molar-refractivity contribution in [2.75, 3.05) is 20.3 Å². The van der Waals surface area contributed by atoms with Gasteiger partial charge in [-0.05, 0) is 29.0 Å². The Morgan fingerprint density at radius 2 is 1.64 bits per heavy atom. The SMILES string of the molecule is COc1cc([N+](=O)[O-])ccc1OCCOc1ccc2ccccc2c1. The maximum absolute atomic E-state index is 10.8. The van der Waals surface area contributed by atoms with E-state index in [9.17, 15) is 10.1 Å². The summed E-state index contributed by atoms with van der Waals surface area (Å²) in [6.07, 6.45) is 0. The lowest BCUT2D eigenvalue weighted by Crippen LogP contribution is -2.09. The van der Waals surface area contributed by atoms with Crippen LogP contribution in [0, 0.1) is 10.1 Å². The summed E-state index contributed by atoms with van der Waals surface area (Å²) in [6.45, 7) is 0.638. The van der Waals surface area contributed by atoms with Crippen molar-refractivity contribution in [1.29, 1.82) is 0 Å². The minimum atomic E-state index is -0.477. The first-order chi connectivity index (χ1) is 12.2. The summed E-state index contributed by atoms with van der Waals surface area (Å²) in [5.74, 6) is 1.52. The third-order valence-corrected chi connectivity index (χ3v) is 3.69. The van der Waals surface area contributed by atoms with Crippen molar-refractivity contribution in [2.24, 2.45) is 0 Å². The summed E-state index contributed by atoms with van der Waals surface area (Å²) in [5.41, 5.74) is -0.0448. The smallest absolute Gasteiger partial charge is 0.273 e. The lowest BCUT2D eigenvalue weighted by molar-refractivity contribution is -0.384. The van der Waals surface area contributed by atoms with Crippen LogP contribution < -0.4 is 14.2 Å². The van der Waals surface area contributed by atoms with E-state index >= 15 is 0 Å². The van der Waals surface area contributed by atoms with Crippen LogP contribution in [0.2, 0.25) is 0 Å². The Morgan fingerprint density at radius 1 is 0.880 bits per heavy atom. The predicted octanol–water partition coefficient (Wildman–Crippen LogP) is 4.21.